The molecule has 0 unspecified atom stereocenters. The highest BCUT2D eigenvalue weighted by Crippen LogP contribution is 2.52. The van der Waals surface area contributed by atoms with Crippen molar-refractivity contribution in [2.24, 2.45) is 10.8 Å². The van der Waals surface area contributed by atoms with E-state index in [0.29, 0.717) is 47.4 Å². The fourth-order valence-corrected chi connectivity index (χ4v) is 10.1. The summed E-state index contributed by atoms with van der Waals surface area (Å²) in [4.78, 5) is 72.9. The van der Waals surface area contributed by atoms with Crippen molar-refractivity contribution in [2.45, 2.75) is 131 Å². The van der Waals surface area contributed by atoms with E-state index >= 15 is 0 Å². The number of hydrogen-bond acceptors (Lipinski definition) is 10. The predicted molar refractivity (Wildman–Crippen MR) is 240 cm³/mol. The second kappa shape index (κ2) is 16.8. The minimum absolute atomic E-state index is 0.101. The van der Waals surface area contributed by atoms with Gasteiger partial charge in [-0.1, -0.05) is 64.7 Å². The van der Waals surface area contributed by atoms with E-state index in [-0.39, 0.29) is 47.4 Å². The Morgan fingerprint density at radius 1 is 0.672 bits per heavy atom. The number of nitrogens with zero attached hydrogens (tertiary/aromatic N) is 4. The van der Waals surface area contributed by atoms with Gasteiger partial charge in [0.1, 0.15) is 48.4 Å². The number of rotatable bonds is 8. The number of aromatic amines is 2. The lowest BCUT2D eigenvalue weighted by molar-refractivity contribution is -0.139. The quantitative estimate of drug-likeness (QED) is 0.133. The molecule has 6 heterocycles. The Labute approximate surface area is 382 Å². The molecular weight excluding hydrogens is 863 g/mol. The van der Waals surface area contributed by atoms with Gasteiger partial charge in [0.05, 0.1) is 37.7 Å². The highest BCUT2D eigenvalue weighted by molar-refractivity contribution is 6.32. The standard InChI is InChI=1S/C46H56Cl2N8O8/c1-21-11-13-27(55(21)41(57)35(45(3,4)5)51-43(59)61-9)39-49-33(37(47)53-39)23-15-25-19-64-30-18-24(16-26-20-63-29(17-23)31(25)32(26)30)34-38(48)54-40(50-34)28-14-12-22(2)56(28)42(58)36(46(6,7)8)52-44(60)62-10/h15-18,21-22,27-28,35-36H,11-14,19-20H2,1-10H3,(H,49,53)(H,50,54)(H,51,59)(H,52,60)/t21-,22-,27-,28-,35+,36+/m0/s1. The number of alkyl carbamates (subject to hydrolysis) is 2. The van der Waals surface area contributed by atoms with E-state index in [1.807, 2.05) is 79.7 Å². The first-order valence-corrected chi connectivity index (χ1v) is 22.4. The lowest BCUT2D eigenvalue weighted by Gasteiger charge is -2.36. The molecule has 4 N–H and O–H groups in total. The fourth-order valence-electron chi connectivity index (χ4n) is 9.60. The largest absolute Gasteiger partial charge is 0.488 e. The number of amides is 4. The molecule has 64 heavy (non-hydrogen) atoms. The Balaban J connectivity index is 1.07. The molecule has 0 aliphatic carbocycles. The maximum atomic E-state index is 14.2. The number of carbonyl (C=O) groups is 4. The maximum Gasteiger partial charge on any atom is 0.407 e. The summed E-state index contributed by atoms with van der Waals surface area (Å²) in [6.45, 7) is 15.9. The summed E-state index contributed by atoms with van der Waals surface area (Å²) in [5.74, 6) is 2.02. The molecule has 4 aromatic rings. The zero-order chi connectivity index (χ0) is 46.2. The number of ether oxygens (including phenoxy) is 4. The van der Waals surface area contributed by atoms with Crippen molar-refractivity contribution >= 4 is 47.2 Å². The summed E-state index contributed by atoms with van der Waals surface area (Å²) in [5.41, 5.74) is 5.20. The topological polar surface area (TPSA) is 193 Å². The van der Waals surface area contributed by atoms with Crippen LogP contribution in [0.2, 0.25) is 10.3 Å². The van der Waals surface area contributed by atoms with Crippen LogP contribution in [0.4, 0.5) is 9.59 Å². The van der Waals surface area contributed by atoms with Gasteiger partial charge in [0.25, 0.3) is 0 Å². The van der Waals surface area contributed by atoms with Crippen LogP contribution in [-0.2, 0) is 32.3 Å². The van der Waals surface area contributed by atoms with Gasteiger partial charge in [0.2, 0.25) is 11.8 Å². The van der Waals surface area contributed by atoms with Crippen molar-refractivity contribution in [3.8, 4) is 45.1 Å². The number of hydrogen-bond donors (Lipinski definition) is 4. The monoisotopic (exact) mass is 918 g/mol. The molecule has 2 aromatic carbocycles. The van der Waals surface area contributed by atoms with Crippen LogP contribution >= 0.6 is 23.2 Å². The molecule has 4 aliphatic rings. The first-order valence-electron chi connectivity index (χ1n) is 21.6. The number of benzene rings is 2. The van der Waals surface area contributed by atoms with E-state index in [1.165, 1.54) is 14.2 Å². The van der Waals surface area contributed by atoms with Gasteiger partial charge >= 0.3 is 12.2 Å². The van der Waals surface area contributed by atoms with Crippen molar-refractivity contribution in [1.82, 2.24) is 40.4 Å². The van der Waals surface area contributed by atoms with E-state index in [1.54, 1.807) is 9.80 Å². The number of likely N-dealkylation sites (tertiary alicyclic amines) is 2. The highest BCUT2D eigenvalue weighted by atomic mass is 35.5. The maximum absolute atomic E-state index is 14.2. The summed E-state index contributed by atoms with van der Waals surface area (Å²) in [5, 5.41) is 6.01. The van der Waals surface area contributed by atoms with E-state index in [4.69, 9.17) is 52.1 Å². The van der Waals surface area contributed by atoms with Crippen LogP contribution in [0.15, 0.2) is 24.3 Å². The van der Waals surface area contributed by atoms with E-state index < -0.39 is 47.2 Å². The molecule has 16 nitrogen and oxygen atoms in total. The average Bonchev–Trinajstić information content (AvgIpc) is 4.03. The normalized spacial score (nSPS) is 21.1. The lowest BCUT2D eigenvalue weighted by Crippen LogP contribution is -2.55. The van der Waals surface area contributed by atoms with E-state index in [2.05, 4.69) is 20.6 Å². The second-order valence-corrected chi connectivity index (χ2v) is 20.1. The highest BCUT2D eigenvalue weighted by Gasteiger charge is 2.46. The average molecular weight is 920 g/mol. The van der Waals surface area contributed by atoms with Gasteiger partial charge in [-0.3, -0.25) is 9.59 Å². The third-order valence-electron chi connectivity index (χ3n) is 12.9. The Hall–Kier alpha value is -5.48. The predicted octanol–water partition coefficient (Wildman–Crippen LogP) is 8.87. The van der Waals surface area contributed by atoms with Gasteiger partial charge in [-0.25, -0.2) is 19.6 Å². The third-order valence-corrected chi connectivity index (χ3v) is 13.5. The minimum Gasteiger partial charge on any atom is -0.488 e. The smallest absolute Gasteiger partial charge is 0.407 e. The SMILES string of the molecule is COC(=O)N[C@H](C(=O)N1[C@@H](C)CC[C@H]1c1nc(Cl)c(-c2cc3c4c(c2)OCc2cc(-c5[nH]c([C@@H]6CC[C@H](C)N6C(=O)[C@@H](NC(=O)OC)C(C)(C)C)nc5Cl)cc(c2-4)OC3)[nH]1)C(C)(C)C. The number of methoxy groups -OCH3 is 2. The van der Waals surface area contributed by atoms with Crippen molar-refractivity contribution in [1.29, 1.82) is 0 Å². The lowest BCUT2D eigenvalue weighted by atomic mass is 9.85. The summed E-state index contributed by atoms with van der Waals surface area (Å²) < 4.78 is 22.6. The van der Waals surface area contributed by atoms with E-state index in [9.17, 15) is 19.2 Å². The van der Waals surface area contributed by atoms with Crippen LogP contribution in [0.3, 0.4) is 0 Å². The summed E-state index contributed by atoms with van der Waals surface area (Å²) >= 11 is 13.8. The fraction of sp³-hybridized carbons (Fsp3) is 0.522. The van der Waals surface area contributed by atoms with Crippen LogP contribution in [0.1, 0.15) is 116 Å². The van der Waals surface area contributed by atoms with Gasteiger partial charge in [-0.15, -0.1) is 0 Å². The zero-order valence-electron chi connectivity index (χ0n) is 37.8. The third kappa shape index (κ3) is 8.12. The molecule has 2 aromatic heterocycles. The van der Waals surface area contributed by atoms with E-state index in [0.717, 1.165) is 46.2 Å². The van der Waals surface area contributed by atoms with Crippen molar-refractivity contribution in [3.05, 3.63) is 57.3 Å². The molecule has 0 radical (unpaired) electrons. The Morgan fingerprint density at radius 3 is 1.39 bits per heavy atom. The van der Waals surface area contributed by atoms with Crippen LogP contribution in [0, 0.1) is 10.8 Å². The van der Waals surface area contributed by atoms with Crippen molar-refractivity contribution in [2.75, 3.05) is 14.2 Å². The Morgan fingerprint density at radius 2 is 1.05 bits per heavy atom. The molecule has 2 saturated heterocycles. The molecule has 342 valence electrons. The van der Waals surface area contributed by atoms with Crippen LogP contribution in [0.5, 0.6) is 11.5 Å². The number of imidazole rings is 2. The summed E-state index contributed by atoms with van der Waals surface area (Å²) in [6, 6.07) is 5.29. The first-order chi connectivity index (χ1) is 30.2. The molecule has 6 atom stereocenters. The van der Waals surface area contributed by atoms with Crippen LogP contribution in [0.25, 0.3) is 33.6 Å². The van der Waals surface area contributed by atoms with Crippen molar-refractivity contribution in [3.63, 3.8) is 0 Å². The summed E-state index contributed by atoms with van der Waals surface area (Å²) in [7, 11) is 2.55. The second-order valence-electron chi connectivity index (χ2n) is 19.4. The van der Waals surface area contributed by atoms with Gasteiger partial charge in [0, 0.05) is 45.5 Å². The number of aromatic nitrogens is 4. The number of H-pyrrole nitrogens is 2. The molecule has 0 saturated carbocycles. The number of nitrogens with one attached hydrogen (secondary N) is 4. The molecule has 0 bridgehead atoms. The number of carbonyl (C=O) groups excluding carboxylic acids is 4. The molecular formula is C46H56Cl2N8O8. The van der Waals surface area contributed by atoms with Gasteiger partial charge in [-0.2, -0.15) is 0 Å². The van der Waals surface area contributed by atoms with Gasteiger partial charge in [-0.05, 0) is 74.6 Å². The van der Waals surface area contributed by atoms with Crippen LogP contribution < -0.4 is 20.1 Å². The Kier molecular flexibility index (Phi) is 11.9. The van der Waals surface area contributed by atoms with Gasteiger partial charge < -0.3 is 49.3 Å². The molecule has 4 aliphatic heterocycles. The minimum atomic E-state index is -0.827. The molecule has 0 spiro atoms. The van der Waals surface area contributed by atoms with Crippen LogP contribution in [-0.4, -0.2) is 92.1 Å². The van der Waals surface area contributed by atoms with Gasteiger partial charge in [0.15, 0.2) is 10.3 Å². The number of halogens is 2. The first kappa shape index (κ1) is 45.1. The Bertz CT molecular complexity index is 2300. The molecule has 4 amide bonds. The molecule has 8 rings (SSSR count). The molecule has 18 heteroatoms. The molecule has 2 fully saturated rings. The van der Waals surface area contributed by atoms with Crippen molar-refractivity contribution < 1.29 is 38.1 Å². The zero-order valence-corrected chi connectivity index (χ0v) is 39.3. The summed E-state index contributed by atoms with van der Waals surface area (Å²) in [6.07, 6.45) is 1.48.